The van der Waals surface area contributed by atoms with Crippen LogP contribution in [0.25, 0.3) is 0 Å². The first kappa shape index (κ1) is 14.3. The molecule has 0 radical (unpaired) electrons. The van der Waals surface area contributed by atoms with Crippen molar-refractivity contribution in [2.45, 2.75) is 11.8 Å². The number of carboxylic acid groups (broad SMARTS) is 1. The van der Waals surface area contributed by atoms with Crippen LogP contribution in [0.4, 0.5) is 8.78 Å². The van der Waals surface area contributed by atoms with E-state index in [-0.39, 0.29) is 0 Å². The molecule has 0 fully saturated rings. The zero-order valence-corrected chi connectivity index (χ0v) is 10.2. The Labute approximate surface area is 102 Å². The molecule has 0 saturated heterocycles. The normalized spacial score (nSPS) is 11.9. The van der Waals surface area contributed by atoms with Gasteiger partial charge in [0.25, 0.3) is 0 Å². The Balaban J connectivity index is 3.44. The van der Waals surface area contributed by atoms with Crippen LogP contribution in [0.3, 0.4) is 0 Å². The van der Waals surface area contributed by atoms with E-state index in [0.29, 0.717) is 12.1 Å². The third kappa shape index (κ3) is 2.92. The summed E-state index contributed by atoms with van der Waals surface area (Å²) in [4.78, 5) is 9.71. The summed E-state index contributed by atoms with van der Waals surface area (Å²) in [7, 11) is -4.10. The standard InChI is InChI=1S/C11H10F2O4S/c1-2-3-4-18(16,17)9-6-7(11(14)15)5-8(12)10(9)13/h2-3,5-6H,4H2,1H3,(H,14,15)/b3-2+. The average molecular weight is 276 g/mol. The van der Waals surface area contributed by atoms with E-state index >= 15 is 0 Å². The lowest BCUT2D eigenvalue weighted by atomic mass is 10.2. The molecule has 98 valence electrons. The molecule has 0 saturated carbocycles. The minimum absolute atomic E-state index is 0.437. The highest BCUT2D eigenvalue weighted by atomic mass is 32.2. The Bertz CT molecular complexity index is 606. The second-order valence-electron chi connectivity index (χ2n) is 3.43. The summed E-state index contributed by atoms with van der Waals surface area (Å²) in [5, 5.41) is 8.67. The molecule has 0 heterocycles. The maximum absolute atomic E-state index is 13.4. The van der Waals surface area contributed by atoms with E-state index in [1.54, 1.807) is 6.92 Å². The number of halogens is 2. The van der Waals surface area contributed by atoms with Crippen molar-refractivity contribution in [1.82, 2.24) is 0 Å². The van der Waals surface area contributed by atoms with E-state index in [0.717, 1.165) is 0 Å². The molecule has 18 heavy (non-hydrogen) atoms. The SMILES string of the molecule is C/C=C/CS(=O)(=O)c1cc(C(=O)O)cc(F)c1F. The molecule has 0 aromatic heterocycles. The Morgan fingerprint density at radius 3 is 2.50 bits per heavy atom. The van der Waals surface area contributed by atoms with E-state index < -0.39 is 43.7 Å². The van der Waals surface area contributed by atoms with Crippen molar-refractivity contribution in [3.05, 3.63) is 41.5 Å². The molecular formula is C11H10F2O4S. The van der Waals surface area contributed by atoms with Gasteiger partial charge in [-0.2, -0.15) is 0 Å². The summed E-state index contributed by atoms with van der Waals surface area (Å²) >= 11 is 0. The van der Waals surface area contributed by atoms with Crippen LogP contribution in [0.5, 0.6) is 0 Å². The van der Waals surface area contributed by atoms with Gasteiger partial charge in [0.2, 0.25) is 0 Å². The highest BCUT2D eigenvalue weighted by molar-refractivity contribution is 7.91. The fourth-order valence-corrected chi connectivity index (χ4v) is 2.53. The zero-order chi connectivity index (χ0) is 13.9. The number of rotatable bonds is 4. The number of benzene rings is 1. The van der Waals surface area contributed by atoms with Gasteiger partial charge in [-0.25, -0.2) is 22.0 Å². The van der Waals surface area contributed by atoms with Crippen molar-refractivity contribution >= 4 is 15.8 Å². The number of hydrogen-bond donors (Lipinski definition) is 1. The van der Waals surface area contributed by atoms with Crippen LogP contribution in [0.15, 0.2) is 29.2 Å². The van der Waals surface area contributed by atoms with Gasteiger partial charge in [-0.15, -0.1) is 0 Å². The minimum atomic E-state index is -4.10. The van der Waals surface area contributed by atoms with Crippen LogP contribution >= 0.6 is 0 Å². The Morgan fingerprint density at radius 2 is 2.00 bits per heavy atom. The van der Waals surface area contributed by atoms with Gasteiger partial charge >= 0.3 is 5.97 Å². The van der Waals surface area contributed by atoms with Crippen LogP contribution in [0.1, 0.15) is 17.3 Å². The maximum Gasteiger partial charge on any atom is 0.335 e. The third-order valence-corrected chi connectivity index (χ3v) is 3.73. The van der Waals surface area contributed by atoms with Gasteiger partial charge in [0.1, 0.15) is 4.90 Å². The fraction of sp³-hybridized carbons (Fsp3) is 0.182. The quantitative estimate of drug-likeness (QED) is 0.854. The summed E-state index contributed by atoms with van der Waals surface area (Å²) in [6, 6.07) is 1.05. The largest absolute Gasteiger partial charge is 0.478 e. The molecule has 0 atom stereocenters. The summed E-state index contributed by atoms with van der Waals surface area (Å²) in [5.74, 6) is -5.13. The Hall–Kier alpha value is -1.76. The molecule has 0 spiro atoms. The van der Waals surface area contributed by atoms with Crippen molar-refractivity contribution in [2.24, 2.45) is 0 Å². The molecule has 0 amide bonds. The number of aromatic carboxylic acids is 1. The molecule has 1 aromatic carbocycles. The first-order valence-corrected chi connectivity index (χ1v) is 6.51. The number of carboxylic acids is 1. The molecule has 1 N–H and O–H groups in total. The lowest BCUT2D eigenvalue weighted by molar-refractivity contribution is 0.0696. The van der Waals surface area contributed by atoms with E-state index in [2.05, 4.69) is 0 Å². The van der Waals surface area contributed by atoms with Crippen LogP contribution in [-0.2, 0) is 9.84 Å². The van der Waals surface area contributed by atoms with E-state index in [1.807, 2.05) is 0 Å². The van der Waals surface area contributed by atoms with Crippen molar-refractivity contribution in [3.8, 4) is 0 Å². The Kier molecular flexibility index (Phi) is 4.18. The zero-order valence-electron chi connectivity index (χ0n) is 9.35. The van der Waals surface area contributed by atoms with Crippen molar-refractivity contribution < 1.29 is 27.1 Å². The number of sulfone groups is 1. The number of hydrogen-bond acceptors (Lipinski definition) is 3. The van der Waals surface area contributed by atoms with E-state index in [9.17, 15) is 22.0 Å². The smallest absolute Gasteiger partial charge is 0.335 e. The first-order valence-electron chi connectivity index (χ1n) is 4.86. The van der Waals surface area contributed by atoms with Gasteiger partial charge in [-0.1, -0.05) is 12.2 Å². The van der Waals surface area contributed by atoms with Crippen LogP contribution < -0.4 is 0 Å². The summed E-state index contributed by atoms with van der Waals surface area (Å²) < 4.78 is 49.9. The molecule has 1 aromatic rings. The minimum Gasteiger partial charge on any atom is -0.478 e. The highest BCUT2D eigenvalue weighted by Gasteiger charge is 2.23. The summed E-state index contributed by atoms with van der Waals surface area (Å²) in [5.41, 5.74) is -0.618. The van der Waals surface area contributed by atoms with E-state index in [4.69, 9.17) is 5.11 Å². The molecule has 1 rings (SSSR count). The molecule has 0 aliphatic heterocycles. The van der Waals surface area contributed by atoms with Gasteiger partial charge in [0, 0.05) is 0 Å². The van der Waals surface area contributed by atoms with Gasteiger partial charge in [0.05, 0.1) is 11.3 Å². The van der Waals surface area contributed by atoms with Crippen LogP contribution in [0, 0.1) is 11.6 Å². The molecule has 7 heteroatoms. The van der Waals surface area contributed by atoms with Crippen molar-refractivity contribution in [1.29, 1.82) is 0 Å². The van der Waals surface area contributed by atoms with Crippen LogP contribution in [-0.4, -0.2) is 25.2 Å². The second kappa shape index (κ2) is 5.26. The summed E-state index contributed by atoms with van der Waals surface area (Å²) in [6.07, 6.45) is 2.69. The molecule has 0 aliphatic rings. The lowest BCUT2D eigenvalue weighted by Gasteiger charge is -2.05. The molecule has 0 unspecified atom stereocenters. The highest BCUT2D eigenvalue weighted by Crippen LogP contribution is 2.21. The number of allylic oxidation sites excluding steroid dienone is 1. The van der Waals surface area contributed by atoms with Gasteiger partial charge < -0.3 is 5.11 Å². The predicted octanol–water partition coefficient (Wildman–Crippen LogP) is 2.01. The van der Waals surface area contributed by atoms with Crippen molar-refractivity contribution in [3.63, 3.8) is 0 Å². The Morgan fingerprint density at radius 1 is 1.39 bits per heavy atom. The first-order chi connectivity index (χ1) is 8.29. The van der Waals surface area contributed by atoms with Gasteiger partial charge in [-0.05, 0) is 19.1 Å². The fourth-order valence-electron chi connectivity index (χ4n) is 1.23. The van der Waals surface area contributed by atoms with Gasteiger partial charge in [0.15, 0.2) is 21.5 Å². The number of carbonyl (C=O) groups is 1. The van der Waals surface area contributed by atoms with Crippen molar-refractivity contribution in [2.75, 3.05) is 5.75 Å². The molecular weight excluding hydrogens is 266 g/mol. The van der Waals surface area contributed by atoms with E-state index in [1.165, 1.54) is 12.2 Å². The van der Waals surface area contributed by atoms with Gasteiger partial charge in [-0.3, -0.25) is 0 Å². The molecule has 0 aliphatic carbocycles. The second-order valence-corrected chi connectivity index (χ2v) is 5.43. The van der Waals surface area contributed by atoms with Crippen LogP contribution in [0.2, 0.25) is 0 Å². The lowest BCUT2D eigenvalue weighted by Crippen LogP contribution is -2.11. The monoisotopic (exact) mass is 276 g/mol. The molecule has 4 nitrogen and oxygen atoms in total. The maximum atomic E-state index is 13.4. The molecule has 0 bridgehead atoms. The topological polar surface area (TPSA) is 71.4 Å². The predicted molar refractivity (Wildman–Crippen MR) is 60.2 cm³/mol. The average Bonchev–Trinajstić information content (AvgIpc) is 2.29. The summed E-state index contributed by atoms with van der Waals surface area (Å²) in [6.45, 7) is 1.57. The third-order valence-electron chi connectivity index (χ3n) is 2.13.